The zero-order chi connectivity index (χ0) is 17.7. The molecule has 2 aromatic rings. The molecule has 0 saturated carbocycles. The summed E-state index contributed by atoms with van der Waals surface area (Å²) in [4.78, 5) is 22.8. The van der Waals surface area contributed by atoms with Crippen molar-refractivity contribution in [3.8, 4) is 11.5 Å². The average molecular weight is 330 g/mol. The van der Waals surface area contributed by atoms with E-state index >= 15 is 0 Å². The molecule has 0 fully saturated rings. The molecule has 0 radical (unpaired) electrons. The minimum atomic E-state index is -0.811. The molecule has 0 aliphatic rings. The number of nitro groups is 1. The Kier molecular flexibility index (Phi) is 5.36. The lowest BCUT2D eigenvalue weighted by Crippen LogP contribution is -2.30. The Morgan fingerprint density at radius 1 is 1.17 bits per heavy atom. The van der Waals surface area contributed by atoms with E-state index in [4.69, 9.17) is 9.47 Å². The van der Waals surface area contributed by atoms with Gasteiger partial charge in [0.25, 0.3) is 11.6 Å². The van der Waals surface area contributed by atoms with Crippen molar-refractivity contribution >= 4 is 17.3 Å². The van der Waals surface area contributed by atoms with Crippen LogP contribution < -0.4 is 14.8 Å². The van der Waals surface area contributed by atoms with Crippen LogP contribution in [0.1, 0.15) is 12.5 Å². The van der Waals surface area contributed by atoms with Crippen LogP contribution >= 0.6 is 0 Å². The highest BCUT2D eigenvalue weighted by molar-refractivity contribution is 5.96. The largest absolute Gasteiger partial charge is 0.496 e. The second-order valence-corrected chi connectivity index (χ2v) is 5.20. The monoisotopic (exact) mass is 330 g/mol. The minimum Gasteiger partial charge on any atom is -0.496 e. The number of hydrogen-bond donors (Lipinski definition) is 1. The van der Waals surface area contributed by atoms with E-state index in [1.807, 2.05) is 19.1 Å². The maximum Gasteiger partial charge on any atom is 0.296 e. The van der Waals surface area contributed by atoms with Crippen molar-refractivity contribution in [3.63, 3.8) is 0 Å². The van der Waals surface area contributed by atoms with Crippen LogP contribution in [0.5, 0.6) is 11.5 Å². The van der Waals surface area contributed by atoms with Crippen LogP contribution in [0.4, 0.5) is 11.4 Å². The van der Waals surface area contributed by atoms with E-state index in [9.17, 15) is 14.9 Å². The number of hydrogen-bond acceptors (Lipinski definition) is 5. The van der Waals surface area contributed by atoms with Crippen LogP contribution in [-0.2, 0) is 4.79 Å². The van der Waals surface area contributed by atoms with Gasteiger partial charge in [0, 0.05) is 0 Å². The van der Waals surface area contributed by atoms with Gasteiger partial charge in [-0.15, -0.1) is 0 Å². The number of rotatable bonds is 6. The molecule has 7 heteroatoms. The number of nitro benzene ring substituents is 1. The summed E-state index contributed by atoms with van der Waals surface area (Å²) in [6, 6.07) is 11.5. The van der Waals surface area contributed by atoms with Gasteiger partial charge in [-0.2, -0.15) is 0 Å². The van der Waals surface area contributed by atoms with E-state index in [2.05, 4.69) is 5.32 Å². The maximum absolute atomic E-state index is 12.2. The van der Waals surface area contributed by atoms with Gasteiger partial charge in [-0.3, -0.25) is 14.9 Å². The molecule has 1 N–H and O–H groups in total. The van der Waals surface area contributed by atoms with Crippen molar-refractivity contribution in [2.24, 2.45) is 0 Å². The van der Waals surface area contributed by atoms with Crippen molar-refractivity contribution in [1.29, 1.82) is 0 Å². The van der Waals surface area contributed by atoms with Gasteiger partial charge in [0.05, 0.1) is 18.1 Å². The zero-order valence-electron chi connectivity index (χ0n) is 13.6. The van der Waals surface area contributed by atoms with Crippen molar-refractivity contribution in [2.45, 2.75) is 20.0 Å². The lowest BCUT2D eigenvalue weighted by atomic mass is 10.2. The van der Waals surface area contributed by atoms with E-state index in [1.165, 1.54) is 25.3 Å². The van der Waals surface area contributed by atoms with Crippen molar-refractivity contribution in [2.75, 3.05) is 12.4 Å². The van der Waals surface area contributed by atoms with Gasteiger partial charge in [-0.05, 0) is 38.1 Å². The number of ether oxygens (including phenoxy) is 2. The molecule has 0 aromatic heterocycles. The summed E-state index contributed by atoms with van der Waals surface area (Å²) in [5.41, 5.74) is 0.920. The number of anilines is 1. The first kappa shape index (κ1) is 17.3. The van der Waals surface area contributed by atoms with Crippen molar-refractivity contribution in [3.05, 3.63) is 58.1 Å². The van der Waals surface area contributed by atoms with Gasteiger partial charge in [0.15, 0.2) is 6.10 Å². The second-order valence-electron chi connectivity index (χ2n) is 5.20. The summed E-state index contributed by atoms with van der Waals surface area (Å²) >= 11 is 0. The average Bonchev–Trinajstić information content (AvgIpc) is 2.57. The summed E-state index contributed by atoms with van der Waals surface area (Å²) in [5.74, 6) is 0.403. The molecule has 0 aliphatic carbocycles. The second kappa shape index (κ2) is 7.45. The van der Waals surface area contributed by atoms with E-state index < -0.39 is 16.9 Å². The summed E-state index contributed by atoms with van der Waals surface area (Å²) in [6.45, 7) is 3.52. The number of nitrogens with one attached hydrogen (secondary N) is 1. The third-order valence-corrected chi connectivity index (χ3v) is 3.36. The Labute approximate surface area is 139 Å². The van der Waals surface area contributed by atoms with E-state index in [0.29, 0.717) is 11.5 Å². The molecule has 0 saturated heterocycles. The van der Waals surface area contributed by atoms with Gasteiger partial charge in [-0.25, -0.2) is 0 Å². The summed E-state index contributed by atoms with van der Waals surface area (Å²) < 4.78 is 10.5. The summed E-state index contributed by atoms with van der Waals surface area (Å²) in [7, 11) is 1.41. The molecule has 7 nitrogen and oxygen atoms in total. The molecule has 0 spiro atoms. The smallest absolute Gasteiger partial charge is 0.296 e. The first-order valence-electron chi connectivity index (χ1n) is 7.27. The predicted octanol–water partition coefficient (Wildman–Crippen LogP) is 3.32. The molecule has 2 rings (SSSR count). The molecule has 126 valence electrons. The lowest BCUT2D eigenvalue weighted by molar-refractivity contribution is -0.384. The van der Waals surface area contributed by atoms with Gasteiger partial charge < -0.3 is 14.8 Å². The quantitative estimate of drug-likeness (QED) is 0.648. The summed E-state index contributed by atoms with van der Waals surface area (Å²) in [6.07, 6.45) is -0.811. The third-order valence-electron chi connectivity index (χ3n) is 3.36. The summed E-state index contributed by atoms with van der Waals surface area (Å²) in [5, 5.41) is 13.6. The van der Waals surface area contributed by atoms with Crippen molar-refractivity contribution in [1.82, 2.24) is 0 Å². The van der Waals surface area contributed by atoms with E-state index in [1.54, 1.807) is 19.1 Å². The topological polar surface area (TPSA) is 90.7 Å². The first-order valence-corrected chi connectivity index (χ1v) is 7.27. The number of amides is 1. The number of benzene rings is 2. The van der Waals surface area contributed by atoms with Crippen molar-refractivity contribution < 1.29 is 19.2 Å². The van der Waals surface area contributed by atoms with Crippen LogP contribution in [0, 0.1) is 17.0 Å². The molecule has 0 bridgehead atoms. The zero-order valence-corrected chi connectivity index (χ0v) is 13.6. The van der Waals surface area contributed by atoms with Crippen LogP contribution in [0.2, 0.25) is 0 Å². The van der Waals surface area contributed by atoms with Gasteiger partial charge >= 0.3 is 0 Å². The lowest BCUT2D eigenvalue weighted by Gasteiger charge is -2.15. The Morgan fingerprint density at radius 3 is 2.38 bits per heavy atom. The van der Waals surface area contributed by atoms with Crippen LogP contribution in [0.25, 0.3) is 0 Å². The van der Waals surface area contributed by atoms with Gasteiger partial charge in [0.1, 0.15) is 17.2 Å². The number of aryl methyl sites for hydroxylation is 1. The molecule has 24 heavy (non-hydrogen) atoms. The molecule has 2 aromatic carbocycles. The van der Waals surface area contributed by atoms with Gasteiger partial charge in [-0.1, -0.05) is 17.7 Å². The molecule has 0 heterocycles. The highest BCUT2D eigenvalue weighted by atomic mass is 16.6. The fourth-order valence-electron chi connectivity index (χ4n) is 2.00. The molecule has 0 aliphatic heterocycles. The molecule has 1 unspecified atom stereocenters. The SMILES string of the molecule is COc1ccc(NC(=O)C(C)Oc2ccc(C)cc2)c([N+](=O)[O-])c1. The Morgan fingerprint density at radius 2 is 1.79 bits per heavy atom. The standard InChI is InChI=1S/C17H18N2O5/c1-11-4-6-13(7-5-11)24-12(2)17(20)18-15-9-8-14(23-3)10-16(15)19(21)22/h4-10,12H,1-3H3,(H,18,20). The molecule has 1 amide bonds. The predicted molar refractivity (Wildman–Crippen MR) is 89.5 cm³/mol. The molecular formula is C17H18N2O5. The fourth-order valence-corrected chi connectivity index (χ4v) is 2.00. The Hall–Kier alpha value is -3.09. The highest BCUT2D eigenvalue weighted by Gasteiger charge is 2.21. The van der Waals surface area contributed by atoms with Gasteiger partial charge in [0.2, 0.25) is 0 Å². The normalized spacial score (nSPS) is 11.5. The number of methoxy groups -OCH3 is 1. The van der Waals surface area contributed by atoms with E-state index in [-0.39, 0.29) is 11.4 Å². The third kappa shape index (κ3) is 4.22. The van der Waals surface area contributed by atoms with E-state index in [0.717, 1.165) is 5.56 Å². The minimum absolute atomic E-state index is 0.0881. The first-order chi connectivity index (χ1) is 11.4. The van der Waals surface area contributed by atoms with Crippen LogP contribution in [-0.4, -0.2) is 24.0 Å². The molecular weight excluding hydrogens is 312 g/mol. The number of nitrogens with zero attached hydrogens (tertiary/aromatic N) is 1. The Balaban J connectivity index is 2.11. The van der Waals surface area contributed by atoms with Crippen LogP contribution in [0.15, 0.2) is 42.5 Å². The molecule has 1 atom stereocenters. The number of carbonyl (C=O) groups excluding carboxylic acids is 1. The Bertz CT molecular complexity index is 743. The maximum atomic E-state index is 12.2. The fraction of sp³-hybridized carbons (Fsp3) is 0.235. The number of carbonyl (C=O) groups is 1. The highest BCUT2D eigenvalue weighted by Crippen LogP contribution is 2.29. The van der Waals surface area contributed by atoms with Crippen LogP contribution in [0.3, 0.4) is 0 Å².